The van der Waals surface area contributed by atoms with Gasteiger partial charge < -0.3 is 4.74 Å². The summed E-state index contributed by atoms with van der Waals surface area (Å²) in [5.41, 5.74) is 4.19. The zero-order valence-electron chi connectivity index (χ0n) is 12.1. The molecule has 0 aromatic heterocycles. The number of hydrogen-bond donors (Lipinski definition) is 1. The summed E-state index contributed by atoms with van der Waals surface area (Å²) in [6.45, 7) is 2.02. The van der Waals surface area contributed by atoms with Crippen LogP contribution in [-0.4, -0.2) is 19.2 Å². The zero-order chi connectivity index (χ0) is 15.1. The summed E-state index contributed by atoms with van der Waals surface area (Å²) in [6, 6.07) is 16.9. The molecule has 0 aliphatic rings. The fourth-order valence-electron chi connectivity index (χ4n) is 1.88. The van der Waals surface area contributed by atoms with Gasteiger partial charge in [-0.1, -0.05) is 43.3 Å². The first-order valence-corrected chi connectivity index (χ1v) is 6.73. The van der Waals surface area contributed by atoms with Crippen molar-refractivity contribution in [1.29, 1.82) is 0 Å². The van der Waals surface area contributed by atoms with Gasteiger partial charge in [-0.2, -0.15) is 5.10 Å². The molecule has 0 heterocycles. The molecule has 0 saturated carbocycles. The van der Waals surface area contributed by atoms with Crippen molar-refractivity contribution in [2.45, 2.75) is 12.8 Å². The zero-order valence-corrected chi connectivity index (χ0v) is 12.1. The number of carbonyl (C=O) groups excluding carboxylic acids is 1. The third-order valence-electron chi connectivity index (χ3n) is 3.12. The SMILES string of the molecule is COc1cccc(C(=O)NN=CC(C)c2ccccc2)c1. The fraction of sp³-hybridized carbons (Fsp3) is 0.176. The Morgan fingerprint density at radius 1 is 1.19 bits per heavy atom. The van der Waals surface area contributed by atoms with Crippen molar-refractivity contribution in [1.82, 2.24) is 5.43 Å². The van der Waals surface area contributed by atoms with Crippen LogP contribution in [0.2, 0.25) is 0 Å². The molecule has 0 aliphatic carbocycles. The molecule has 0 bridgehead atoms. The van der Waals surface area contributed by atoms with Crippen LogP contribution in [0.15, 0.2) is 59.7 Å². The minimum absolute atomic E-state index is 0.136. The first-order valence-electron chi connectivity index (χ1n) is 6.73. The molecule has 1 atom stereocenters. The predicted octanol–water partition coefficient (Wildman–Crippen LogP) is 3.21. The molecule has 2 aromatic carbocycles. The Bertz CT molecular complexity index is 624. The van der Waals surface area contributed by atoms with E-state index >= 15 is 0 Å². The van der Waals surface area contributed by atoms with Gasteiger partial charge in [-0.25, -0.2) is 5.43 Å². The summed E-state index contributed by atoms with van der Waals surface area (Å²) in [4.78, 5) is 12.0. The molecule has 4 nitrogen and oxygen atoms in total. The van der Waals surface area contributed by atoms with Gasteiger partial charge in [-0.15, -0.1) is 0 Å². The normalized spacial score (nSPS) is 12.1. The summed E-state index contributed by atoms with van der Waals surface area (Å²) in [6.07, 6.45) is 1.72. The molecule has 0 fully saturated rings. The molecule has 2 rings (SSSR count). The lowest BCUT2D eigenvalue weighted by Gasteiger charge is -2.06. The van der Waals surface area contributed by atoms with Gasteiger partial charge in [0.15, 0.2) is 0 Å². The number of nitrogens with zero attached hydrogens (tertiary/aromatic N) is 1. The van der Waals surface area contributed by atoms with Crippen LogP contribution in [0.25, 0.3) is 0 Å². The van der Waals surface area contributed by atoms with E-state index in [-0.39, 0.29) is 11.8 Å². The molecule has 0 radical (unpaired) electrons. The van der Waals surface area contributed by atoms with Crippen molar-refractivity contribution in [2.24, 2.45) is 5.10 Å². The number of benzene rings is 2. The third kappa shape index (κ3) is 4.18. The van der Waals surface area contributed by atoms with Crippen molar-refractivity contribution in [2.75, 3.05) is 7.11 Å². The second-order valence-electron chi connectivity index (χ2n) is 4.65. The van der Waals surface area contributed by atoms with Gasteiger partial charge in [0.25, 0.3) is 5.91 Å². The second kappa shape index (κ2) is 7.24. The van der Waals surface area contributed by atoms with Crippen molar-refractivity contribution in [3.8, 4) is 5.75 Å². The topological polar surface area (TPSA) is 50.7 Å². The Balaban J connectivity index is 1.95. The largest absolute Gasteiger partial charge is 0.497 e. The molecular formula is C17H18N2O2. The van der Waals surface area contributed by atoms with Crippen molar-refractivity contribution in [3.63, 3.8) is 0 Å². The van der Waals surface area contributed by atoms with Gasteiger partial charge >= 0.3 is 0 Å². The molecule has 1 amide bonds. The Morgan fingerprint density at radius 3 is 2.67 bits per heavy atom. The lowest BCUT2D eigenvalue weighted by Crippen LogP contribution is -2.18. The van der Waals surface area contributed by atoms with Gasteiger partial charge in [0.2, 0.25) is 0 Å². The lowest BCUT2D eigenvalue weighted by molar-refractivity contribution is 0.0954. The number of carbonyl (C=O) groups is 1. The molecule has 108 valence electrons. The van der Waals surface area contributed by atoms with Gasteiger partial charge in [-0.3, -0.25) is 4.79 Å². The van der Waals surface area contributed by atoms with Crippen LogP contribution in [0.5, 0.6) is 5.75 Å². The number of nitrogens with one attached hydrogen (secondary N) is 1. The molecule has 21 heavy (non-hydrogen) atoms. The van der Waals surface area contributed by atoms with Crippen LogP contribution in [0, 0.1) is 0 Å². The van der Waals surface area contributed by atoms with Gasteiger partial charge in [-0.05, 0) is 23.8 Å². The maximum atomic E-state index is 12.0. The van der Waals surface area contributed by atoms with Crippen LogP contribution in [0.4, 0.5) is 0 Å². The van der Waals surface area contributed by atoms with E-state index in [0.717, 1.165) is 5.56 Å². The predicted molar refractivity (Wildman–Crippen MR) is 83.8 cm³/mol. The highest BCUT2D eigenvalue weighted by Crippen LogP contribution is 2.13. The standard InChI is InChI=1S/C17H18N2O2/c1-13(14-7-4-3-5-8-14)12-18-19-17(20)15-9-6-10-16(11-15)21-2/h3-13H,1-2H3,(H,19,20). The van der Waals surface area contributed by atoms with Crippen molar-refractivity contribution in [3.05, 3.63) is 65.7 Å². The van der Waals surface area contributed by atoms with E-state index < -0.39 is 0 Å². The molecule has 2 aromatic rings. The van der Waals surface area contributed by atoms with E-state index in [1.807, 2.05) is 37.3 Å². The maximum Gasteiger partial charge on any atom is 0.271 e. The first kappa shape index (κ1) is 14.8. The van der Waals surface area contributed by atoms with Gasteiger partial charge in [0.05, 0.1) is 7.11 Å². The number of ether oxygens (including phenoxy) is 1. The summed E-state index contributed by atoms with van der Waals surface area (Å²) in [7, 11) is 1.57. The molecule has 0 aliphatic heterocycles. The maximum absolute atomic E-state index is 12.0. The minimum Gasteiger partial charge on any atom is -0.497 e. The van der Waals surface area contributed by atoms with Crippen LogP contribution < -0.4 is 10.2 Å². The summed E-state index contributed by atoms with van der Waals surface area (Å²) in [5, 5.41) is 4.01. The number of hydrogen-bond acceptors (Lipinski definition) is 3. The third-order valence-corrected chi connectivity index (χ3v) is 3.12. The van der Waals surface area contributed by atoms with E-state index in [1.54, 1.807) is 37.6 Å². The van der Waals surface area contributed by atoms with E-state index in [9.17, 15) is 4.79 Å². The van der Waals surface area contributed by atoms with E-state index in [2.05, 4.69) is 10.5 Å². The Kier molecular flexibility index (Phi) is 5.10. The smallest absolute Gasteiger partial charge is 0.271 e. The fourth-order valence-corrected chi connectivity index (χ4v) is 1.88. The van der Waals surface area contributed by atoms with E-state index in [4.69, 9.17) is 4.74 Å². The van der Waals surface area contributed by atoms with Crippen molar-refractivity contribution < 1.29 is 9.53 Å². The molecule has 1 unspecified atom stereocenters. The molecule has 4 heteroatoms. The van der Waals surface area contributed by atoms with Gasteiger partial charge in [0.1, 0.15) is 5.75 Å². The number of hydrazone groups is 1. The quantitative estimate of drug-likeness (QED) is 0.676. The minimum atomic E-state index is -0.259. The summed E-state index contributed by atoms with van der Waals surface area (Å²) < 4.78 is 5.09. The average molecular weight is 282 g/mol. The first-order chi connectivity index (χ1) is 10.2. The van der Waals surface area contributed by atoms with Crippen LogP contribution in [-0.2, 0) is 0 Å². The van der Waals surface area contributed by atoms with Crippen LogP contribution >= 0.6 is 0 Å². The second-order valence-corrected chi connectivity index (χ2v) is 4.65. The Hall–Kier alpha value is -2.62. The number of rotatable bonds is 5. The summed E-state index contributed by atoms with van der Waals surface area (Å²) >= 11 is 0. The van der Waals surface area contributed by atoms with Crippen LogP contribution in [0.1, 0.15) is 28.8 Å². The highest BCUT2D eigenvalue weighted by atomic mass is 16.5. The van der Waals surface area contributed by atoms with E-state index in [1.165, 1.54) is 0 Å². The Morgan fingerprint density at radius 2 is 1.95 bits per heavy atom. The molecular weight excluding hydrogens is 264 g/mol. The molecule has 0 spiro atoms. The van der Waals surface area contributed by atoms with E-state index in [0.29, 0.717) is 11.3 Å². The van der Waals surface area contributed by atoms with Crippen LogP contribution in [0.3, 0.4) is 0 Å². The Labute approximate surface area is 124 Å². The summed E-state index contributed by atoms with van der Waals surface area (Å²) in [5.74, 6) is 0.520. The lowest BCUT2D eigenvalue weighted by atomic mass is 10.0. The molecule has 1 N–H and O–H groups in total. The van der Waals surface area contributed by atoms with Crippen molar-refractivity contribution >= 4 is 12.1 Å². The molecule has 0 saturated heterocycles. The monoisotopic (exact) mass is 282 g/mol. The average Bonchev–Trinajstić information content (AvgIpc) is 2.55. The number of methoxy groups -OCH3 is 1. The number of amides is 1. The highest BCUT2D eigenvalue weighted by molar-refractivity contribution is 5.94. The highest BCUT2D eigenvalue weighted by Gasteiger charge is 2.06. The van der Waals surface area contributed by atoms with Gasteiger partial charge in [0, 0.05) is 17.7 Å².